The van der Waals surface area contributed by atoms with Crippen molar-refractivity contribution in [2.24, 2.45) is 5.92 Å². The van der Waals surface area contributed by atoms with E-state index in [-0.39, 0.29) is 23.3 Å². The summed E-state index contributed by atoms with van der Waals surface area (Å²) >= 11 is 12.5. The van der Waals surface area contributed by atoms with Crippen LogP contribution in [0.1, 0.15) is 37.5 Å². The van der Waals surface area contributed by atoms with Gasteiger partial charge in [0.1, 0.15) is 12.6 Å². The molecule has 1 atom stereocenters. The summed E-state index contributed by atoms with van der Waals surface area (Å²) in [5, 5.41) is 3.63. The summed E-state index contributed by atoms with van der Waals surface area (Å²) in [6.45, 7) is 9.10. The van der Waals surface area contributed by atoms with Crippen LogP contribution in [-0.2, 0) is 26.2 Å². The second-order valence-corrected chi connectivity index (χ2v) is 12.9. The zero-order valence-electron chi connectivity index (χ0n) is 23.3. The number of aryl methyl sites for hydroxylation is 2. The van der Waals surface area contributed by atoms with Crippen LogP contribution in [-0.4, -0.2) is 44.3 Å². The molecule has 1 N–H and O–H groups in total. The van der Waals surface area contributed by atoms with Gasteiger partial charge >= 0.3 is 0 Å². The second kappa shape index (κ2) is 13.5. The molecule has 0 aliphatic carbocycles. The molecular weight excluding hydrogens is 569 g/mol. The summed E-state index contributed by atoms with van der Waals surface area (Å²) in [5.74, 6) is -0.699. The number of nitrogens with zero attached hydrogens (tertiary/aromatic N) is 2. The van der Waals surface area contributed by atoms with Gasteiger partial charge in [0.15, 0.2) is 0 Å². The van der Waals surface area contributed by atoms with Crippen LogP contribution in [0.25, 0.3) is 0 Å². The molecule has 0 heterocycles. The Morgan fingerprint density at radius 2 is 1.57 bits per heavy atom. The van der Waals surface area contributed by atoms with E-state index in [1.807, 2.05) is 20.8 Å². The van der Waals surface area contributed by atoms with Crippen molar-refractivity contribution in [3.63, 3.8) is 0 Å². The molecule has 0 saturated heterocycles. The number of hydrogen-bond donors (Lipinski definition) is 1. The second-order valence-electron chi connectivity index (χ2n) is 10.2. The molecule has 7 nitrogen and oxygen atoms in total. The predicted octanol–water partition coefficient (Wildman–Crippen LogP) is 6.00. The predicted molar refractivity (Wildman–Crippen MR) is 161 cm³/mol. The third-order valence-corrected chi connectivity index (χ3v) is 8.84. The molecule has 0 bridgehead atoms. The molecule has 0 spiro atoms. The molecule has 0 fully saturated rings. The quantitative estimate of drug-likeness (QED) is 0.291. The highest BCUT2D eigenvalue weighted by molar-refractivity contribution is 7.92. The van der Waals surface area contributed by atoms with Crippen LogP contribution < -0.4 is 9.62 Å². The SMILES string of the molecule is Cc1ccc(S(=O)(=O)N(CC(=O)N(Cc2ccc(Cl)cc2Cl)[C@H](C)C(=O)NCC(C)C)c2ccccc2C)cc1. The van der Waals surface area contributed by atoms with Crippen molar-refractivity contribution in [3.8, 4) is 0 Å². The molecule has 2 amide bonds. The average Bonchev–Trinajstić information content (AvgIpc) is 2.90. The lowest BCUT2D eigenvalue weighted by Crippen LogP contribution is -2.51. The van der Waals surface area contributed by atoms with Gasteiger partial charge in [0.2, 0.25) is 11.8 Å². The average molecular weight is 605 g/mol. The summed E-state index contributed by atoms with van der Waals surface area (Å²) in [6.07, 6.45) is 0. The van der Waals surface area contributed by atoms with Crippen LogP contribution in [0.2, 0.25) is 10.0 Å². The lowest BCUT2D eigenvalue weighted by atomic mass is 10.1. The van der Waals surface area contributed by atoms with Gasteiger partial charge in [-0.2, -0.15) is 0 Å². The van der Waals surface area contributed by atoms with Crippen molar-refractivity contribution >= 4 is 50.7 Å². The first kappa shape index (κ1) is 31.5. The summed E-state index contributed by atoms with van der Waals surface area (Å²) in [5.41, 5.74) is 2.54. The number of anilines is 1. The Bertz CT molecular complexity index is 1460. The van der Waals surface area contributed by atoms with Gasteiger partial charge in [0, 0.05) is 23.1 Å². The van der Waals surface area contributed by atoms with Gasteiger partial charge in [-0.25, -0.2) is 8.42 Å². The normalized spacial score (nSPS) is 12.2. The van der Waals surface area contributed by atoms with Gasteiger partial charge in [-0.15, -0.1) is 0 Å². The third-order valence-electron chi connectivity index (χ3n) is 6.48. The van der Waals surface area contributed by atoms with Gasteiger partial charge in [0.05, 0.1) is 10.6 Å². The van der Waals surface area contributed by atoms with Crippen molar-refractivity contribution < 1.29 is 18.0 Å². The Balaban J connectivity index is 2.05. The van der Waals surface area contributed by atoms with E-state index in [4.69, 9.17) is 23.2 Å². The molecule has 0 aliphatic rings. The van der Waals surface area contributed by atoms with Crippen molar-refractivity contribution in [2.45, 2.75) is 52.1 Å². The fourth-order valence-corrected chi connectivity index (χ4v) is 6.01. The highest BCUT2D eigenvalue weighted by atomic mass is 35.5. The minimum absolute atomic E-state index is 0.0166. The van der Waals surface area contributed by atoms with Gasteiger partial charge in [-0.1, -0.05) is 79.0 Å². The minimum atomic E-state index is -4.13. The maximum absolute atomic E-state index is 14.0. The maximum atomic E-state index is 14.0. The minimum Gasteiger partial charge on any atom is -0.354 e. The Morgan fingerprint density at radius 1 is 0.925 bits per heavy atom. The van der Waals surface area contributed by atoms with E-state index in [1.165, 1.54) is 17.0 Å². The molecule has 0 aliphatic heterocycles. The Labute approximate surface area is 247 Å². The molecular formula is C30H35Cl2N3O4S. The zero-order valence-corrected chi connectivity index (χ0v) is 25.6. The molecule has 0 unspecified atom stereocenters. The number of amides is 2. The largest absolute Gasteiger partial charge is 0.354 e. The number of carbonyl (C=O) groups excluding carboxylic acids is 2. The van der Waals surface area contributed by atoms with Crippen molar-refractivity contribution in [3.05, 3.63) is 93.5 Å². The van der Waals surface area contributed by atoms with E-state index in [9.17, 15) is 18.0 Å². The van der Waals surface area contributed by atoms with E-state index in [1.54, 1.807) is 68.4 Å². The fraction of sp³-hybridized carbons (Fsp3) is 0.333. The standard InChI is InChI=1S/C30H35Cl2N3O4S/c1-20(2)17-33-30(37)23(5)34(18-24-12-13-25(31)16-27(24)32)29(36)19-35(28-9-7-6-8-22(28)4)40(38,39)26-14-10-21(3)11-15-26/h6-16,20,23H,17-19H2,1-5H3,(H,33,37)/t23-/m1/s1. The number of nitrogens with one attached hydrogen (secondary N) is 1. The van der Waals surface area contributed by atoms with Crippen molar-refractivity contribution in [1.82, 2.24) is 10.2 Å². The Morgan fingerprint density at radius 3 is 2.17 bits per heavy atom. The topological polar surface area (TPSA) is 86.8 Å². The van der Waals surface area contributed by atoms with Crippen LogP contribution >= 0.6 is 23.2 Å². The first-order valence-corrected chi connectivity index (χ1v) is 15.2. The first-order chi connectivity index (χ1) is 18.8. The summed E-state index contributed by atoms with van der Waals surface area (Å²) in [4.78, 5) is 28.5. The molecule has 3 rings (SSSR count). The van der Waals surface area contributed by atoms with Crippen LogP contribution in [0, 0.1) is 19.8 Å². The monoisotopic (exact) mass is 603 g/mol. The molecule has 3 aromatic carbocycles. The van der Waals surface area contributed by atoms with Crippen LogP contribution in [0.3, 0.4) is 0 Å². The third kappa shape index (κ3) is 7.77. The van der Waals surface area contributed by atoms with Gasteiger partial charge in [-0.3, -0.25) is 13.9 Å². The lowest BCUT2D eigenvalue weighted by molar-refractivity contribution is -0.139. The molecule has 40 heavy (non-hydrogen) atoms. The van der Waals surface area contributed by atoms with Crippen LogP contribution in [0.15, 0.2) is 71.6 Å². The molecule has 0 radical (unpaired) electrons. The molecule has 10 heteroatoms. The van der Waals surface area contributed by atoms with Gasteiger partial charge < -0.3 is 10.2 Å². The number of sulfonamides is 1. The van der Waals surface area contributed by atoms with Gasteiger partial charge in [-0.05, 0) is 68.1 Å². The lowest BCUT2D eigenvalue weighted by Gasteiger charge is -2.32. The van der Waals surface area contributed by atoms with E-state index in [0.717, 1.165) is 9.87 Å². The number of hydrogen-bond acceptors (Lipinski definition) is 4. The highest BCUT2D eigenvalue weighted by Crippen LogP contribution is 2.28. The van der Waals surface area contributed by atoms with Crippen molar-refractivity contribution in [2.75, 3.05) is 17.4 Å². The van der Waals surface area contributed by atoms with Crippen molar-refractivity contribution in [1.29, 1.82) is 0 Å². The fourth-order valence-electron chi connectivity index (χ4n) is 4.06. The molecule has 3 aromatic rings. The maximum Gasteiger partial charge on any atom is 0.264 e. The summed E-state index contributed by atoms with van der Waals surface area (Å²) < 4.78 is 29.0. The number of benzene rings is 3. The Kier molecular flexibility index (Phi) is 10.6. The highest BCUT2D eigenvalue weighted by Gasteiger charge is 2.33. The summed E-state index contributed by atoms with van der Waals surface area (Å²) in [6, 6.07) is 17.4. The number of halogens is 2. The van der Waals surface area contributed by atoms with E-state index in [0.29, 0.717) is 33.4 Å². The number of carbonyl (C=O) groups is 2. The van der Waals surface area contributed by atoms with E-state index < -0.39 is 28.5 Å². The Hall–Kier alpha value is -3.07. The van der Waals surface area contributed by atoms with Crippen LogP contribution in [0.5, 0.6) is 0 Å². The number of rotatable bonds is 11. The molecule has 0 aromatic heterocycles. The molecule has 214 valence electrons. The van der Waals surface area contributed by atoms with E-state index in [2.05, 4.69) is 5.32 Å². The van der Waals surface area contributed by atoms with Crippen LogP contribution in [0.4, 0.5) is 5.69 Å². The molecule has 0 saturated carbocycles. The smallest absolute Gasteiger partial charge is 0.264 e. The number of para-hydroxylation sites is 1. The first-order valence-electron chi connectivity index (χ1n) is 13.0. The summed E-state index contributed by atoms with van der Waals surface area (Å²) in [7, 11) is -4.13. The zero-order chi connectivity index (χ0) is 29.6. The van der Waals surface area contributed by atoms with E-state index >= 15 is 0 Å². The van der Waals surface area contributed by atoms with Gasteiger partial charge in [0.25, 0.3) is 10.0 Å².